The summed E-state index contributed by atoms with van der Waals surface area (Å²) in [7, 11) is -7.55. The first kappa shape index (κ1) is 24.4. The first-order chi connectivity index (χ1) is 16.8. The van der Waals surface area contributed by atoms with E-state index in [1.165, 1.54) is 24.3 Å². The summed E-state index contributed by atoms with van der Waals surface area (Å²) in [5.74, 6) is 0. The molecule has 2 fully saturated rings. The predicted molar refractivity (Wildman–Crippen MR) is 131 cm³/mol. The highest BCUT2D eigenvalue weighted by molar-refractivity contribution is 7.89. The van der Waals surface area contributed by atoms with Gasteiger partial charge in [0, 0.05) is 36.4 Å². The van der Waals surface area contributed by atoms with Crippen LogP contribution < -0.4 is 9.44 Å². The van der Waals surface area contributed by atoms with E-state index in [9.17, 15) is 22.0 Å². The number of hydrogen-bond donors (Lipinski definition) is 3. The van der Waals surface area contributed by atoms with Gasteiger partial charge in [-0.05, 0) is 61.1 Å². The van der Waals surface area contributed by atoms with Crippen molar-refractivity contribution >= 4 is 25.8 Å². The first-order valence-corrected chi connectivity index (χ1v) is 14.9. The van der Waals surface area contributed by atoms with Crippen molar-refractivity contribution in [2.75, 3.05) is 13.2 Å². The van der Waals surface area contributed by atoms with Crippen molar-refractivity contribution in [3.63, 3.8) is 0 Å². The monoisotopic (exact) mass is 519 g/mol. The molecule has 2 aromatic rings. The fourth-order valence-corrected chi connectivity index (χ4v) is 7.77. The van der Waals surface area contributed by atoms with Crippen LogP contribution in [0.1, 0.15) is 56.1 Å². The molecule has 9 nitrogen and oxygen atoms in total. The van der Waals surface area contributed by atoms with E-state index in [0.29, 0.717) is 48.3 Å². The fraction of sp³-hybridized carbons (Fsp3) is 0.458. The number of rotatable bonds is 6. The zero-order chi connectivity index (χ0) is 24.6. The Labute approximate surface area is 205 Å². The zero-order valence-corrected chi connectivity index (χ0v) is 20.9. The van der Waals surface area contributed by atoms with Crippen LogP contribution in [-0.4, -0.2) is 53.1 Å². The molecule has 0 unspecified atom stereocenters. The predicted octanol–water partition coefficient (Wildman–Crippen LogP) is 2.96. The summed E-state index contributed by atoms with van der Waals surface area (Å²) >= 11 is 0. The molecular formula is C24H29N3O6S2. The molecule has 2 aromatic carbocycles. The van der Waals surface area contributed by atoms with Gasteiger partial charge in [-0.2, -0.15) is 0 Å². The largest absolute Gasteiger partial charge is 0.410 e. The van der Waals surface area contributed by atoms with Gasteiger partial charge in [0.15, 0.2) is 0 Å². The van der Waals surface area contributed by atoms with E-state index < -0.39 is 20.0 Å². The number of nitrogens with zero attached hydrogens (tertiary/aromatic N) is 1. The molecule has 35 heavy (non-hydrogen) atoms. The molecule has 11 heteroatoms. The van der Waals surface area contributed by atoms with Crippen LogP contribution in [0.2, 0.25) is 0 Å². The summed E-state index contributed by atoms with van der Waals surface area (Å²) in [4.78, 5) is 0.147. The van der Waals surface area contributed by atoms with Gasteiger partial charge in [-0.1, -0.05) is 36.6 Å². The standard InChI is InChI=1S/C24H29N3O6S2/c28-25-24-22-14-18(34(29,30)26-16-4-2-1-3-5-16)6-8-20(22)21-9-7-19(15-23(21)24)35(31,32)27-17-10-12-33-13-11-17/h6-9,14-17,26-28H,1-5,10-13H2. The van der Waals surface area contributed by atoms with Gasteiger partial charge < -0.3 is 9.94 Å². The van der Waals surface area contributed by atoms with Crippen molar-refractivity contribution in [3.05, 3.63) is 47.5 Å². The van der Waals surface area contributed by atoms with Crippen LogP contribution in [0.4, 0.5) is 0 Å². The highest BCUT2D eigenvalue weighted by Crippen LogP contribution is 2.39. The fourth-order valence-electron chi connectivity index (χ4n) is 5.11. The topological polar surface area (TPSA) is 134 Å². The van der Waals surface area contributed by atoms with Gasteiger partial charge in [-0.25, -0.2) is 26.3 Å². The van der Waals surface area contributed by atoms with E-state index in [1.807, 2.05) is 0 Å². The molecule has 188 valence electrons. The number of hydrogen-bond acceptors (Lipinski definition) is 7. The molecule has 5 rings (SSSR count). The normalized spacial score (nSPS) is 20.6. The Balaban J connectivity index is 1.44. The number of sulfonamides is 2. The summed E-state index contributed by atoms with van der Waals surface area (Å²) in [6.45, 7) is 1.02. The van der Waals surface area contributed by atoms with Crippen LogP contribution in [0, 0.1) is 0 Å². The molecule has 0 bridgehead atoms. The number of nitrogens with one attached hydrogen (secondary N) is 2. The Morgan fingerprint density at radius 1 is 0.714 bits per heavy atom. The van der Waals surface area contributed by atoms with Crippen LogP contribution in [-0.2, 0) is 24.8 Å². The lowest BCUT2D eigenvalue weighted by molar-refractivity contribution is 0.0832. The van der Waals surface area contributed by atoms with Crippen molar-refractivity contribution < 1.29 is 26.8 Å². The van der Waals surface area contributed by atoms with E-state index in [-0.39, 0.29) is 27.6 Å². The Morgan fingerprint density at radius 3 is 1.69 bits per heavy atom. The van der Waals surface area contributed by atoms with Gasteiger partial charge in [0.05, 0.1) is 9.79 Å². The SMILES string of the molecule is O=S(=O)(NC1CCCCC1)c1ccc2c(c1)C(=NO)c1cc(S(=O)(=O)NC3CCOCC3)ccc1-2. The van der Waals surface area contributed by atoms with E-state index in [0.717, 1.165) is 32.1 Å². The van der Waals surface area contributed by atoms with Crippen LogP contribution in [0.25, 0.3) is 11.1 Å². The zero-order valence-electron chi connectivity index (χ0n) is 19.2. The first-order valence-electron chi connectivity index (χ1n) is 11.9. The third-order valence-corrected chi connectivity index (χ3v) is 10.0. The minimum Gasteiger partial charge on any atom is -0.410 e. The van der Waals surface area contributed by atoms with Gasteiger partial charge in [-0.3, -0.25) is 0 Å². The summed E-state index contributed by atoms with van der Waals surface area (Å²) in [5.41, 5.74) is 2.40. The van der Waals surface area contributed by atoms with Crippen molar-refractivity contribution in [2.24, 2.45) is 5.16 Å². The summed E-state index contributed by atoms with van der Waals surface area (Å²) in [5, 5.41) is 13.2. The molecule has 1 aliphatic heterocycles. The Hall–Kier alpha value is -2.31. The Bertz CT molecular complexity index is 1260. The van der Waals surface area contributed by atoms with Crippen LogP contribution in [0.15, 0.2) is 51.3 Å². The van der Waals surface area contributed by atoms with Crippen LogP contribution in [0.5, 0.6) is 0 Å². The minimum absolute atomic E-state index is 0.0588. The van der Waals surface area contributed by atoms with Crippen molar-refractivity contribution in [1.29, 1.82) is 0 Å². The maximum Gasteiger partial charge on any atom is 0.240 e. The van der Waals surface area contributed by atoms with Gasteiger partial charge in [0.1, 0.15) is 5.71 Å². The molecular weight excluding hydrogens is 490 g/mol. The lowest BCUT2D eigenvalue weighted by Crippen LogP contribution is -2.38. The second kappa shape index (κ2) is 9.62. The van der Waals surface area contributed by atoms with E-state index in [1.54, 1.807) is 12.1 Å². The smallest absolute Gasteiger partial charge is 0.240 e. The molecule has 0 atom stereocenters. The van der Waals surface area contributed by atoms with Gasteiger partial charge in [-0.15, -0.1) is 0 Å². The van der Waals surface area contributed by atoms with Gasteiger partial charge >= 0.3 is 0 Å². The summed E-state index contributed by atoms with van der Waals surface area (Å²) in [6.07, 6.45) is 5.96. The average Bonchev–Trinajstić information content (AvgIpc) is 3.17. The molecule has 1 saturated heterocycles. The maximum atomic E-state index is 13.0. The Morgan fingerprint density at radius 2 is 1.20 bits per heavy atom. The molecule has 0 spiro atoms. The van der Waals surface area contributed by atoms with Gasteiger partial charge in [0.2, 0.25) is 20.0 Å². The van der Waals surface area contributed by atoms with E-state index in [2.05, 4.69) is 14.6 Å². The lowest BCUT2D eigenvalue weighted by atomic mass is 9.96. The average molecular weight is 520 g/mol. The Kier molecular flexibility index (Phi) is 6.71. The number of oxime groups is 1. The second-order valence-corrected chi connectivity index (χ2v) is 12.8. The minimum atomic E-state index is -3.80. The van der Waals surface area contributed by atoms with E-state index >= 15 is 0 Å². The summed E-state index contributed by atoms with van der Waals surface area (Å²) in [6, 6.07) is 9.07. The second-order valence-electron chi connectivity index (χ2n) is 9.33. The van der Waals surface area contributed by atoms with Gasteiger partial charge in [0.25, 0.3) is 0 Å². The molecule has 0 amide bonds. The number of ether oxygens (including phenoxy) is 1. The molecule has 1 saturated carbocycles. The van der Waals surface area contributed by atoms with Crippen molar-refractivity contribution in [2.45, 2.75) is 66.8 Å². The lowest BCUT2D eigenvalue weighted by Gasteiger charge is -2.23. The highest BCUT2D eigenvalue weighted by atomic mass is 32.2. The molecule has 1 heterocycles. The highest BCUT2D eigenvalue weighted by Gasteiger charge is 2.31. The quantitative estimate of drug-likeness (QED) is 0.339. The van der Waals surface area contributed by atoms with E-state index in [4.69, 9.17) is 4.74 Å². The van der Waals surface area contributed by atoms with Crippen LogP contribution in [0.3, 0.4) is 0 Å². The van der Waals surface area contributed by atoms with Crippen molar-refractivity contribution in [1.82, 2.24) is 9.44 Å². The molecule has 0 radical (unpaired) electrons. The number of benzene rings is 2. The third-order valence-electron chi connectivity index (χ3n) is 6.97. The third kappa shape index (κ3) is 4.88. The molecule has 2 aliphatic carbocycles. The summed E-state index contributed by atoms with van der Waals surface area (Å²) < 4.78 is 62.9. The van der Waals surface area contributed by atoms with Crippen molar-refractivity contribution in [3.8, 4) is 11.1 Å². The number of fused-ring (bicyclic) bond motifs is 3. The molecule has 3 aliphatic rings. The molecule has 0 aromatic heterocycles. The van der Waals surface area contributed by atoms with Crippen LogP contribution >= 0.6 is 0 Å². The molecule has 3 N–H and O–H groups in total. The maximum absolute atomic E-state index is 13.0.